The van der Waals surface area contributed by atoms with Crippen LogP contribution in [0.5, 0.6) is 11.5 Å². The van der Waals surface area contributed by atoms with Gasteiger partial charge in [0, 0.05) is 44.1 Å². The summed E-state index contributed by atoms with van der Waals surface area (Å²) in [6.45, 7) is 0.802. The van der Waals surface area contributed by atoms with Crippen molar-refractivity contribution in [3.8, 4) is 11.5 Å². The van der Waals surface area contributed by atoms with Crippen molar-refractivity contribution in [2.24, 2.45) is 5.92 Å². The number of likely N-dealkylation sites (tertiary alicyclic amines) is 1. The predicted octanol–water partition coefficient (Wildman–Crippen LogP) is 0.516. The van der Waals surface area contributed by atoms with Crippen LogP contribution in [0.25, 0.3) is 0 Å². The van der Waals surface area contributed by atoms with E-state index in [1.807, 2.05) is 12.1 Å². The standard InChI is InChI=1S/C23H30N4O5/c1-24-27(4)18(29)12-26(3)22(30)31-17-8-5-13-11-15-14-6-7-16(28)21-23(14,9-10-25(15)2)19(13)20(17)32-21/h5-8,14-16,21,24,28H,9-12H2,1-4H3/t14?,15?,16-,21-,23-/m0/s1. The fraction of sp³-hybridized carbons (Fsp3) is 0.565. The number of likely N-dealkylation sites (N-methyl/N-ethyl adjacent to an activating group) is 3. The molecule has 2 amide bonds. The first-order chi connectivity index (χ1) is 15.3. The number of benzene rings is 1. The normalized spacial score (nSPS) is 31.5. The van der Waals surface area contributed by atoms with Gasteiger partial charge in [-0.15, -0.1) is 0 Å². The topological polar surface area (TPSA) is 94.6 Å². The number of piperidine rings is 1. The van der Waals surface area contributed by atoms with Gasteiger partial charge in [0.15, 0.2) is 11.5 Å². The average Bonchev–Trinajstić information content (AvgIpc) is 3.13. The third-order valence-electron chi connectivity index (χ3n) is 7.73. The number of ether oxygens (including phenoxy) is 2. The second-order valence-electron chi connectivity index (χ2n) is 9.31. The van der Waals surface area contributed by atoms with Crippen LogP contribution in [0.2, 0.25) is 0 Å². The van der Waals surface area contributed by atoms with Crippen molar-refractivity contribution < 1.29 is 24.2 Å². The van der Waals surface area contributed by atoms with Crippen LogP contribution < -0.4 is 14.9 Å². The lowest BCUT2D eigenvalue weighted by Crippen LogP contribution is -2.64. The van der Waals surface area contributed by atoms with Gasteiger partial charge in [0.25, 0.3) is 5.91 Å². The van der Waals surface area contributed by atoms with Gasteiger partial charge in [0.1, 0.15) is 18.8 Å². The molecule has 172 valence electrons. The van der Waals surface area contributed by atoms with Gasteiger partial charge in [-0.05, 0) is 38.1 Å². The second-order valence-corrected chi connectivity index (χ2v) is 9.31. The molecule has 1 fully saturated rings. The molecular weight excluding hydrogens is 412 g/mol. The van der Waals surface area contributed by atoms with Crippen molar-refractivity contribution in [1.82, 2.24) is 20.2 Å². The van der Waals surface area contributed by atoms with Gasteiger partial charge < -0.3 is 24.4 Å². The molecule has 1 aromatic carbocycles. The molecule has 0 saturated carbocycles. The van der Waals surface area contributed by atoms with Crippen LogP contribution in [-0.2, 0) is 16.6 Å². The van der Waals surface area contributed by atoms with Gasteiger partial charge in [0.05, 0.1) is 0 Å². The molecule has 32 heavy (non-hydrogen) atoms. The van der Waals surface area contributed by atoms with Gasteiger partial charge in [-0.3, -0.25) is 9.80 Å². The summed E-state index contributed by atoms with van der Waals surface area (Å²) in [5.74, 6) is 0.870. The maximum Gasteiger partial charge on any atom is 0.415 e. The third-order valence-corrected chi connectivity index (χ3v) is 7.73. The van der Waals surface area contributed by atoms with Crippen molar-refractivity contribution in [2.75, 3.05) is 41.3 Å². The molecule has 5 rings (SSSR count). The third kappa shape index (κ3) is 2.88. The van der Waals surface area contributed by atoms with E-state index in [2.05, 4.69) is 23.4 Å². The van der Waals surface area contributed by atoms with Crippen molar-refractivity contribution in [3.05, 3.63) is 35.4 Å². The summed E-state index contributed by atoms with van der Waals surface area (Å²) in [7, 11) is 6.90. The van der Waals surface area contributed by atoms with E-state index in [9.17, 15) is 14.7 Å². The summed E-state index contributed by atoms with van der Waals surface area (Å²) in [4.78, 5) is 28.5. The minimum Gasteiger partial charge on any atom is -0.482 e. The lowest BCUT2D eigenvalue weighted by molar-refractivity contribution is -0.132. The van der Waals surface area contributed by atoms with Crippen LogP contribution in [0.1, 0.15) is 17.5 Å². The average molecular weight is 443 g/mol. The number of aliphatic hydroxyl groups is 1. The first kappa shape index (κ1) is 21.2. The zero-order chi connectivity index (χ0) is 22.8. The van der Waals surface area contributed by atoms with Crippen molar-refractivity contribution in [3.63, 3.8) is 0 Å². The Morgan fingerprint density at radius 1 is 1.34 bits per heavy atom. The van der Waals surface area contributed by atoms with Crippen LogP contribution in [0.3, 0.4) is 0 Å². The number of hydrogen-bond donors (Lipinski definition) is 2. The maximum absolute atomic E-state index is 12.7. The molecule has 9 nitrogen and oxygen atoms in total. The van der Waals surface area contributed by atoms with Gasteiger partial charge in [-0.25, -0.2) is 10.2 Å². The Labute approximate surface area is 187 Å². The fourth-order valence-corrected chi connectivity index (χ4v) is 5.98. The molecule has 2 aliphatic heterocycles. The van der Waals surface area contributed by atoms with Crippen LogP contribution in [0.15, 0.2) is 24.3 Å². The number of amides is 2. The van der Waals surface area contributed by atoms with E-state index in [4.69, 9.17) is 9.47 Å². The van der Waals surface area contributed by atoms with Gasteiger partial charge in [0.2, 0.25) is 0 Å². The lowest BCUT2D eigenvalue weighted by Gasteiger charge is -2.56. The van der Waals surface area contributed by atoms with Gasteiger partial charge in [-0.1, -0.05) is 18.2 Å². The molecule has 1 saturated heterocycles. The molecule has 9 heteroatoms. The first-order valence-corrected chi connectivity index (χ1v) is 11.0. The lowest BCUT2D eigenvalue weighted by atomic mass is 9.53. The highest BCUT2D eigenvalue weighted by Crippen LogP contribution is 2.62. The summed E-state index contributed by atoms with van der Waals surface area (Å²) in [6.07, 6.45) is 4.02. The highest BCUT2D eigenvalue weighted by Gasteiger charge is 2.64. The number of aliphatic hydroxyl groups excluding tert-OH is 1. The molecule has 1 spiro atoms. The van der Waals surface area contributed by atoms with Crippen LogP contribution in [-0.4, -0.2) is 91.4 Å². The zero-order valence-electron chi connectivity index (χ0n) is 18.9. The van der Waals surface area contributed by atoms with Crippen LogP contribution in [0.4, 0.5) is 4.79 Å². The molecule has 1 aromatic rings. The Kier molecular flexibility index (Phi) is 4.96. The molecule has 0 radical (unpaired) electrons. The molecule has 4 aliphatic rings. The largest absolute Gasteiger partial charge is 0.482 e. The smallest absolute Gasteiger partial charge is 0.415 e. The molecule has 2 unspecified atom stereocenters. The van der Waals surface area contributed by atoms with Gasteiger partial charge in [-0.2, -0.15) is 0 Å². The van der Waals surface area contributed by atoms with E-state index in [1.165, 1.54) is 22.5 Å². The van der Waals surface area contributed by atoms with Crippen LogP contribution >= 0.6 is 0 Å². The van der Waals surface area contributed by atoms with E-state index in [1.54, 1.807) is 20.2 Å². The summed E-state index contributed by atoms with van der Waals surface area (Å²) in [5.41, 5.74) is 4.68. The van der Waals surface area contributed by atoms with E-state index in [0.717, 1.165) is 24.9 Å². The van der Waals surface area contributed by atoms with Crippen molar-refractivity contribution in [2.45, 2.75) is 36.5 Å². The first-order valence-electron chi connectivity index (χ1n) is 11.0. The number of hydrazine groups is 1. The zero-order valence-corrected chi connectivity index (χ0v) is 18.9. The Morgan fingerprint density at radius 2 is 2.12 bits per heavy atom. The summed E-state index contributed by atoms with van der Waals surface area (Å²) >= 11 is 0. The van der Waals surface area contributed by atoms with E-state index < -0.39 is 18.3 Å². The number of carbonyl (C=O) groups is 2. The molecule has 2 heterocycles. The SMILES string of the molecule is CNN(C)C(=O)CN(C)C(=O)Oc1ccc2c3c1O[C@H]1[C@@H](O)C=CC4C(C2)N(C)CC[C@@]341. The summed E-state index contributed by atoms with van der Waals surface area (Å²) in [5, 5.41) is 12.1. The molecule has 5 atom stereocenters. The quantitative estimate of drug-likeness (QED) is 0.519. The molecular formula is C23H30N4O5. The molecule has 0 aromatic heterocycles. The number of hydrogen-bond acceptors (Lipinski definition) is 7. The highest BCUT2D eigenvalue weighted by atomic mass is 16.6. The number of nitrogens with zero attached hydrogens (tertiary/aromatic N) is 3. The Balaban J connectivity index is 1.47. The summed E-state index contributed by atoms with van der Waals surface area (Å²) < 4.78 is 12.1. The number of carbonyl (C=O) groups excluding carboxylic acids is 2. The van der Waals surface area contributed by atoms with Crippen molar-refractivity contribution in [1.29, 1.82) is 0 Å². The Morgan fingerprint density at radius 3 is 2.88 bits per heavy atom. The molecule has 2 N–H and O–H groups in total. The second kappa shape index (κ2) is 7.47. The maximum atomic E-state index is 12.7. The van der Waals surface area contributed by atoms with E-state index in [-0.39, 0.29) is 23.8 Å². The molecule has 2 aliphatic carbocycles. The monoisotopic (exact) mass is 442 g/mol. The highest BCUT2D eigenvalue weighted by molar-refractivity contribution is 5.82. The number of nitrogens with one attached hydrogen (secondary N) is 1. The van der Waals surface area contributed by atoms with Crippen LogP contribution in [0, 0.1) is 5.92 Å². The Hall–Kier alpha value is -2.62. The summed E-state index contributed by atoms with van der Waals surface area (Å²) in [6, 6.07) is 4.14. The Bertz CT molecular complexity index is 997. The fourth-order valence-electron chi connectivity index (χ4n) is 5.98. The predicted molar refractivity (Wildman–Crippen MR) is 116 cm³/mol. The minimum atomic E-state index is -0.713. The van der Waals surface area contributed by atoms with Crippen molar-refractivity contribution >= 4 is 12.0 Å². The van der Waals surface area contributed by atoms with Gasteiger partial charge >= 0.3 is 6.09 Å². The van der Waals surface area contributed by atoms with E-state index >= 15 is 0 Å². The minimum absolute atomic E-state index is 0.122. The molecule has 2 bridgehead atoms. The number of rotatable bonds is 4. The van der Waals surface area contributed by atoms with E-state index in [0.29, 0.717) is 17.5 Å².